The minimum Gasteiger partial charge on any atom is -0.344 e. The molecule has 0 spiro atoms. The molecule has 0 atom stereocenters. The Balaban J connectivity index is 1.46. The lowest BCUT2D eigenvalue weighted by molar-refractivity contribution is 0.262. The molecule has 0 unspecified atom stereocenters. The third kappa shape index (κ3) is 3.54. The third-order valence-electron chi connectivity index (χ3n) is 4.97. The number of pyridine rings is 1. The lowest BCUT2D eigenvalue weighted by Gasteiger charge is -2.22. The molecule has 26 heavy (non-hydrogen) atoms. The number of rotatable bonds is 3. The fraction of sp³-hybridized carbons (Fsp3) is 0.300. The number of fused-ring (bicyclic) bond motifs is 1. The van der Waals surface area contributed by atoms with E-state index in [2.05, 4.69) is 26.7 Å². The SMILES string of the molecule is O=C(Nc1cccc(C2CCCCC2)c1)Nc1c[nH]c2ncc(F)cc12. The van der Waals surface area contributed by atoms with Gasteiger partial charge in [-0.25, -0.2) is 14.2 Å². The van der Waals surface area contributed by atoms with Crippen molar-refractivity contribution in [2.45, 2.75) is 38.0 Å². The number of urea groups is 1. The van der Waals surface area contributed by atoms with E-state index in [0.29, 0.717) is 22.6 Å². The number of amides is 2. The lowest BCUT2D eigenvalue weighted by Crippen LogP contribution is -2.19. The van der Waals surface area contributed by atoms with Crippen molar-refractivity contribution in [2.24, 2.45) is 0 Å². The van der Waals surface area contributed by atoms with Crippen LogP contribution in [0.4, 0.5) is 20.6 Å². The number of nitrogens with one attached hydrogen (secondary N) is 3. The quantitative estimate of drug-likeness (QED) is 0.591. The summed E-state index contributed by atoms with van der Waals surface area (Å²) in [5.74, 6) is 0.136. The molecule has 1 aliphatic rings. The van der Waals surface area contributed by atoms with Crippen LogP contribution < -0.4 is 10.6 Å². The molecule has 0 aliphatic heterocycles. The Kier molecular flexibility index (Phi) is 4.56. The summed E-state index contributed by atoms with van der Waals surface area (Å²) in [6.45, 7) is 0. The first-order chi connectivity index (χ1) is 12.7. The third-order valence-corrected chi connectivity index (χ3v) is 4.97. The van der Waals surface area contributed by atoms with Crippen molar-refractivity contribution in [3.8, 4) is 0 Å². The number of nitrogens with zero attached hydrogens (tertiary/aromatic N) is 1. The summed E-state index contributed by atoms with van der Waals surface area (Å²) < 4.78 is 13.4. The van der Waals surface area contributed by atoms with E-state index in [9.17, 15) is 9.18 Å². The molecule has 1 aliphatic carbocycles. The molecule has 2 amide bonds. The number of halogens is 1. The van der Waals surface area contributed by atoms with Gasteiger partial charge in [-0.05, 0) is 42.5 Å². The van der Waals surface area contributed by atoms with E-state index in [1.54, 1.807) is 6.20 Å². The highest BCUT2D eigenvalue weighted by atomic mass is 19.1. The average Bonchev–Trinajstić information content (AvgIpc) is 3.04. The van der Waals surface area contributed by atoms with Gasteiger partial charge in [-0.15, -0.1) is 0 Å². The summed E-state index contributed by atoms with van der Waals surface area (Å²) in [4.78, 5) is 19.2. The van der Waals surface area contributed by atoms with Crippen LogP contribution in [-0.4, -0.2) is 16.0 Å². The van der Waals surface area contributed by atoms with Gasteiger partial charge >= 0.3 is 6.03 Å². The van der Waals surface area contributed by atoms with E-state index in [1.165, 1.54) is 43.7 Å². The molecule has 0 bridgehead atoms. The van der Waals surface area contributed by atoms with Crippen LogP contribution >= 0.6 is 0 Å². The van der Waals surface area contributed by atoms with Crippen molar-refractivity contribution in [3.05, 3.63) is 54.1 Å². The Hall–Kier alpha value is -2.89. The zero-order valence-corrected chi connectivity index (χ0v) is 14.4. The number of H-pyrrole nitrogens is 1. The van der Waals surface area contributed by atoms with E-state index >= 15 is 0 Å². The van der Waals surface area contributed by atoms with Crippen LogP contribution in [0, 0.1) is 5.82 Å². The van der Waals surface area contributed by atoms with Crippen molar-refractivity contribution in [1.82, 2.24) is 9.97 Å². The molecule has 1 fully saturated rings. The van der Waals surface area contributed by atoms with E-state index in [1.807, 2.05) is 18.2 Å². The van der Waals surface area contributed by atoms with Crippen molar-refractivity contribution >= 4 is 28.4 Å². The van der Waals surface area contributed by atoms with Crippen LogP contribution in [0.3, 0.4) is 0 Å². The summed E-state index contributed by atoms with van der Waals surface area (Å²) in [7, 11) is 0. The molecule has 6 heteroatoms. The zero-order chi connectivity index (χ0) is 17.9. The van der Waals surface area contributed by atoms with Gasteiger partial charge in [0.1, 0.15) is 11.5 Å². The molecule has 1 aromatic carbocycles. The number of hydrogen-bond donors (Lipinski definition) is 3. The van der Waals surface area contributed by atoms with E-state index in [-0.39, 0.29) is 6.03 Å². The van der Waals surface area contributed by atoms with E-state index < -0.39 is 5.82 Å². The molecule has 1 saturated carbocycles. The summed E-state index contributed by atoms with van der Waals surface area (Å²) >= 11 is 0. The van der Waals surface area contributed by atoms with Crippen LogP contribution in [0.5, 0.6) is 0 Å². The molecule has 2 aromatic heterocycles. The number of anilines is 2. The number of hydrogen-bond acceptors (Lipinski definition) is 2. The maximum atomic E-state index is 13.4. The Morgan fingerprint density at radius 2 is 2.00 bits per heavy atom. The Labute approximate surface area is 151 Å². The van der Waals surface area contributed by atoms with E-state index in [4.69, 9.17) is 0 Å². The molecule has 3 N–H and O–H groups in total. The monoisotopic (exact) mass is 352 g/mol. The molecule has 5 nitrogen and oxygen atoms in total. The minimum absolute atomic E-state index is 0.365. The van der Waals surface area contributed by atoms with Crippen molar-refractivity contribution < 1.29 is 9.18 Å². The van der Waals surface area contributed by atoms with Gasteiger partial charge in [0.25, 0.3) is 0 Å². The zero-order valence-electron chi connectivity index (χ0n) is 14.4. The summed E-state index contributed by atoms with van der Waals surface area (Å²) in [6, 6.07) is 9.01. The number of carbonyl (C=O) groups excluding carboxylic acids is 1. The van der Waals surface area contributed by atoms with Gasteiger partial charge in [-0.3, -0.25) is 0 Å². The van der Waals surface area contributed by atoms with Crippen LogP contribution in [0.15, 0.2) is 42.7 Å². The number of benzene rings is 1. The Morgan fingerprint density at radius 3 is 2.85 bits per heavy atom. The maximum Gasteiger partial charge on any atom is 0.323 e. The normalized spacial score (nSPS) is 15.1. The Morgan fingerprint density at radius 1 is 1.15 bits per heavy atom. The summed E-state index contributed by atoms with van der Waals surface area (Å²) in [6.07, 6.45) is 9.03. The van der Waals surface area contributed by atoms with Gasteiger partial charge in [0.15, 0.2) is 0 Å². The van der Waals surface area contributed by atoms with Gasteiger partial charge < -0.3 is 15.6 Å². The predicted molar refractivity (Wildman–Crippen MR) is 101 cm³/mol. The molecule has 134 valence electrons. The second-order valence-corrected chi connectivity index (χ2v) is 6.79. The fourth-order valence-corrected chi connectivity index (χ4v) is 3.67. The first-order valence-electron chi connectivity index (χ1n) is 8.99. The molecule has 3 aromatic rings. The fourth-order valence-electron chi connectivity index (χ4n) is 3.67. The topological polar surface area (TPSA) is 69.8 Å². The number of aromatic nitrogens is 2. The van der Waals surface area contributed by atoms with Gasteiger partial charge in [0, 0.05) is 17.3 Å². The molecular formula is C20H21FN4O. The largest absolute Gasteiger partial charge is 0.344 e. The van der Waals surface area contributed by atoms with E-state index in [0.717, 1.165) is 11.9 Å². The number of aromatic amines is 1. The van der Waals surface area contributed by atoms with Gasteiger partial charge in [0.05, 0.1) is 11.9 Å². The van der Waals surface area contributed by atoms with Crippen molar-refractivity contribution in [3.63, 3.8) is 0 Å². The minimum atomic E-state index is -0.444. The second-order valence-electron chi connectivity index (χ2n) is 6.79. The highest BCUT2D eigenvalue weighted by Crippen LogP contribution is 2.33. The van der Waals surface area contributed by atoms with Crippen LogP contribution in [0.25, 0.3) is 11.0 Å². The Bertz CT molecular complexity index is 930. The summed E-state index contributed by atoms with van der Waals surface area (Å²) in [5, 5.41) is 6.15. The average molecular weight is 352 g/mol. The lowest BCUT2D eigenvalue weighted by atomic mass is 9.84. The standard InChI is InChI=1S/C20H21FN4O/c21-15-10-17-18(12-23-19(17)22-11-15)25-20(26)24-16-8-4-7-14(9-16)13-5-2-1-3-6-13/h4,7-13H,1-3,5-6H2,(H,22,23)(H2,24,25,26). The predicted octanol–water partition coefficient (Wildman–Crippen LogP) is 5.39. The van der Waals surface area contributed by atoms with Gasteiger partial charge in [-0.2, -0.15) is 0 Å². The highest BCUT2D eigenvalue weighted by molar-refractivity contribution is 6.05. The van der Waals surface area contributed by atoms with Crippen LogP contribution in [0.1, 0.15) is 43.6 Å². The first-order valence-corrected chi connectivity index (χ1v) is 8.99. The van der Waals surface area contributed by atoms with Gasteiger partial charge in [-0.1, -0.05) is 31.4 Å². The van der Waals surface area contributed by atoms with Crippen LogP contribution in [0.2, 0.25) is 0 Å². The molecule has 4 rings (SSSR count). The first kappa shape index (κ1) is 16.6. The highest BCUT2D eigenvalue weighted by Gasteiger charge is 2.16. The number of carbonyl (C=O) groups is 1. The van der Waals surface area contributed by atoms with Crippen molar-refractivity contribution in [2.75, 3.05) is 10.6 Å². The summed E-state index contributed by atoms with van der Waals surface area (Å²) in [5.41, 5.74) is 3.06. The smallest absolute Gasteiger partial charge is 0.323 e. The molecular weight excluding hydrogens is 331 g/mol. The molecule has 0 radical (unpaired) electrons. The molecule has 2 heterocycles. The van der Waals surface area contributed by atoms with Crippen LogP contribution in [-0.2, 0) is 0 Å². The van der Waals surface area contributed by atoms with Gasteiger partial charge in [0.2, 0.25) is 0 Å². The maximum absolute atomic E-state index is 13.4. The molecule has 0 saturated heterocycles. The second kappa shape index (κ2) is 7.15. The van der Waals surface area contributed by atoms with Crippen molar-refractivity contribution in [1.29, 1.82) is 0 Å².